The number of hydrogen-bond acceptors (Lipinski definition) is 2. The maximum absolute atomic E-state index is 14.0. The molecule has 2 rings (SSSR count). The normalized spacial score (nSPS) is 10.5. The van der Waals surface area contributed by atoms with Gasteiger partial charge in [-0.15, -0.1) is 6.42 Å². The standard InChI is InChI=1S/C15H15BrFN3/c1-3-5-13-19-14(15(18)20(13)8-4-2)11-9-10(16)6-7-12(11)17/h2,6-7,9H,3,5,8,18H2,1H3. The fraction of sp³-hybridized carbons (Fsp3) is 0.267. The van der Waals surface area contributed by atoms with Crippen LogP contribution < -0.4 is 5.73 Å². The van der Waals surface area contributed by atoms with E-state index in [1.165, 1.54) is 6.07 Å². The van der Waals surface area contributed by atoms with Crippen molar-refractivity contribution in [3.05, 3.63) is 34.3 Å². The van der Waals surface area contributed by atoms with Gasteiger partial charge in [0.2, 0.25) is 0 Å². The predicted molar refractivity (Wildman–Crippen MR) is 82.6 cm³/mol. The Labute approximate surface area is 126 Å². The summed E-state index contributed by atoms with van der Waals surface area (Å²) in [5.41, 5.74) is 6.92. The zero-order valence-corrected chi connectivity index (χ0v) is 12.7. The topological polar surface area (TPSA) is 43.8 Å². The molecule has 5 heteroatoms. The van der Waals surface area contributed by atoms with Gasteiger partial charge in [0, 0.05) is 16.5 Å². The number of nitrogen functional groups attached to an aromatic ring is 1. The van der Waals surface area contributed by atoms with E-state index in [4.69, 9.17) is 12.2 Å². The minimum Gasteiger partial charge on any atom is -0.383 e. The van der Waals surface area contributed by atoms with Crippen LogP contribution in [0.2, 0.25) is 0 Å². The Kier molecular flexibility index (Phi) is 4.46. The van der Waals surface area contributed by atoms with Crippen molar-refractivity contribution < 1.29 is 4.39 Å². The third kappa shape index (κ3) is 2.70. The van der Waals surface area contributed by atoms with Crippen LogP contribution in [0.1, 0.15) is 19.2 Å². The first-order valence-corrected chi connectivity index (χ1v) is 7.11. The van der Waals surface area contributed by atoms with E-state index >= 15 is 0 Å². The van der Waals surface area contributed by atoms with E-state index in [9.17, 15) is 4.39 Å². The van der Waals surface area contributed by atoms with Gasteiger partial charge >= 0.3 is 0 Å². The van der Waals surface area contributed by atoms with E-state index < -0.39 is 0 Å². The molecule has 1 heterocycles. The molecule has 20 heavy (non-hydrogen) atoms. The van der Waals surface area contributed by atoms with Crippen molar-refractivity contribution in [3.63, 3.8) is 0 Å². The molecule has 3 nitrogen and oxygen atoms in total. The average Bonchev–Trinajstić information content (AvgIpc) is 2.71. The highest BCUT2D eigenvalue weighted by Crippen LogP contribution is 2.31. The lowest BCUT2D eigenvalue weighted by Crippen LogP contribution is -2.06. The maximum Gasteiger partial charge on any atom is 0.132 e. The second-order valence-electron chi connectivity index (χ2n) is 4.43. The molecule has 0 fully saturated rings. The van der Waals surface area contributed by atoms with Crippen molar-refractivity contribution in [2.75, 3.05) is 5.73 Å². The summed E-state index contributed by atoms with van der Waals surface area (Å²) < 4.78 is 16.5. The smallest absolute Gasteiger partial charge is 0.132 e. The number of aromatic nitrogens is 2. The number of hydrogen-bond donors (Lipinski definition) is 1. The molecule has 1 aromatic heterocycles. The van der Waals surface area contributed by atoms with E-state index in [0.717, 1.165) is 23.1 Å². The molecule has 0 saturated carbocycles. The van der Waals surface area contributed by atoms with E-state index in [0.29, 0.717) is 23.6 Å². The van der Waals surface area contributed by atoms with Gasteiger partial charge in [-0.1, -0.05) is 28.8 Å². The van der Waals surface area contributed by atoms with Crippen LogP contribution in [0.25, 0.3) is 11.3 Å². The largest absolute Gasteiger partial charge is 0.383 e. The molecule has 0 aliphatic heterocycles. The molecule has 1 aromatic carbocycles. The molecule has 0 unspecified atom stereocenters. The van der Waals surface area contributed by atoms with Crippen molar-refractivity contribution in [3.8, 4) is 23.6 Å². The summed E-state index contributed by atoms with van der Waals surface area (Å²) in [6.45, 7) is 2.38. The van der Waals surface area contributed by atoms with Crippen LogP contribution in [0.4, 0.5) is 10.2 Å². The monoisotopic (exact) mass is 335 g/mol. The zero-order chi connectivity index (χ0) is 14.7. The van der Waals surface area contributed by atoms with Gasteiger partial charge in [-0.25, -0.2) is 9.37 Å². The Balaban J connectivity index is 2.60. The number of anilines is 1. The third-order valence-corrected chi connectivity index (χ3v) is 3.49. The van der Waals surface area contributed by atoms with Gasteiger partial charge in [0.05, 0.1) is 6.54 Å². The molecule has 0 radical (unpaired) electrons. The molecule has 104 valence electrons. The summed E-state index contributed by atoms with van der Waals surface area (Å²) >= 11 is 3.33. The fourth-order valence-corrected chi connectivity index (χ4v) is 2.43. The van der Waals surface area contributed by atoms with Gasteiger partial charge in [-0.3, -0.25) is 0 Å². The number of nitrogens with zero attached hydrogens (tertiary/aromatic N) is 2. The van der Waals surface area contributed by atoms with E-state index in [2.05, 4.69) is 26.8 Å². The maximum atomic E-state index is 14.0. The molecular weight excluding hydrogens is 321 g/mol. The summed E-state index contributed by atoms with van der Waals surface area (Å²) in [5.74, 6) is 3.40. The van der Waals surface area contributed by atoms with Gasteiger partial charge < -0.3 is 10.3 Å². The molecular formula is C15H15BrFN3. The molecule has 0 atom stereocenters. The molecule has 0 aliphatic rings. The highest BCUT2D eigenvalue weighted by molar-refractivity contribution is 9.10. The Bertz CT molecular complexity index is 670. The van der Waals surface area contributed by atoms with Gasteiger partial charge in [-0.2, -0.15) is 0 Å². The van der Waals surface area contributed by atoms with Gasteiger partial charge in [0.1, 0.15) is 23.2 Å². The van der Waals surface area contributed by atoms with Gasteiger partial charge in [0.15, 0.2) is 0 Å². The molecule has 2 aromatic rings. The number of nitrogens with two attached hydrogens (primary N) is 1. The van der Waals surface area contributed by atoms with E-state index in [-0.39, 0.29) is 5.82 Å². The predicted octanol–water partition coefficient (Wildman–Crippen LogP) is 3.62. The summed E-state index contributed by atoms with van der Waals surface area (Å²) in [6.07, 6.45) is 7.03. The van der Waals surface area contributed by atoms with Crippen LogP contribution in [0.3, 0.4) is 0 Å². The molecule has 0 bridgehead atoms. The Morgan fingerprint density at radius 2 is 2.25 bits per heavy atom. The number of halogens is 2. The van der Waals surface area contributed by atoms with Gasteiger partial charge in [0.25, 0.3) is 0 Å². The lowest BCUT2D eigenvalue weighted by Gasteiger charge is -2.05. The van der Waals surface area contributed by atoms with Crippen molar-refractivity contribution in [2.24, 2.45) is 0 Å². The summed E-state index contributed by atoms with van der Waals surface area (Å²) in [7, 11) is 0. The molecule has 0 aliphatic carbocycles. The highest BCUT2D eigenvalue weighted by atomic mass is 79.9. The van der Waals surface area contributed by atoms with Crippen molar-refractivity contribution in [1.29, 1.82) is 0 Å². The molecule has 0 saturated heterocycles. The van der Waals surface area contributed by atoms with Crippen LogP contribution in [0.5, 0.6) is 0 Å². The summed E-state index contributed by atoms with van der Waals surface area (Å²) in [4.78, 5) is 4.47. The quantitative estimate of drug-likeness (QED) is 0.867. The first-order chi connectivity index (χ1) is 9.58. The summed E-state index contributed by atoms with van der Waals surface area (Å²) in [6, 6.07) is 4.70. The molecule has 0 amide bonds. The summed E-state index contributed by atoms with van der Waals surface area (Å²) in [5, 5.41) is 0. The second kappa shape index (κ2) is 6.10. The highest BCUT2D eigenvalue weighted by Gasteiger charge is 2.18. The molecule has 2 N–H and O–H groups in total. The Morgan fingerprint density at radius 3 is 2.90 bits per heavy atom. The van der Waals surface area contributed by atoms with Crippen LogP contribution in [-0.4, -0.2) is 9.55 Å². The minimum absolute atomic E-state index is 0.337. The van der Waals surface area contributed by atoms with E-state index in [1.807, 2.05) is 6.92 Å². The number of terminal acetylenes is 1. The average molecular weight is 336 g/mol. The van der Waals surface area contributed by atoms with Crippen molar-refractivity contribution in [1.82, 2.24) is 9.55 Å². The second-order valence-corrected chi connectivity index (χ2v) is 5.34. The first kappa shape index (κ1) is 14.6. The number of imidazole rings is 1. The van der Waals surface area contributed by atoms with Crippen LogP contribution >= 0.6 is 15.9 Å². The van der Waals surface area contributed by atoms with E-state index in [1.54, 1.807) is 16.7 Å². The van der Waals surface area contributed by atoms with Crippen molar-refractivity contribution in [2.45, 2.75) is 26.3 Å². The zero-order valence-electron chi connectivity index (χ0n) is 11.2. The SMILES string of the molecule is C#CCn1c(CCC)nc(-c2cc(Br)ccc2F)c1N. The minimum atomic E-state index is -0.353. The Morgan fingerprint density at radius 1 is 1.50 bits per heavy atom. The van der Waals surface area contributed by atoms with Crippen LogP contribution in [-0.2, 0) is 13.0 Å². The number of rotatable bonds is 4. The molecule has 0 spiro atoms. The lowest BCUT2D eigenvalue weighted by atomic mass is 10.1. The van der Waals surface area contributed by atoms with Gasteiger partial charge in [-0.05, 0) is 24.6 Å². The Hall–Kier alpha value is -1.80. The fourth-order valence-electron chi connectivity index (χ4n) is 2.07. The number of aryl methyl sites for hydroxylation is 1. The van der Waals surface area contributed by atoms with Crippen LogP contribution in [0.15, 0.2) is 22.7 Å². The lowest BCUT2D eigenvalue weighted by molar-refractivity contribution is 0.630. The first-order valence-electron chi connectivity index (χ1n) is 6.32. The third-order valence-electron chi connectivity index (χ3n) is 2.99. The number of benzene rings is 1. The van der Waals surface area contributed by atoms with Crippen LogP contribution in [0, 0.1) is 18.2 Å². The van der Waals surface area contributed by atoms with Crippen molar-refractivity contribution >= 4 is 21.7 Å².